The van der Waals surface area contributed by atoms with Crippen LogP contribution in [-0.4, -0.2) is 26.9 Å². The smallest absolute Gasteiger partial charge is 0.341 e. The summed E-state index contributed by atoms with van der Waals surface area (Å²) in [4.78, 5) is 23.3. The van der Waals surface area contributed by atoms with Crippen LogP contribution in [0.15, 0.2) is 23.1 Å². The number of fused-ring (bicyclic) bond motifs is 1. The number of hydrogen-bond acceptors (Lipinski definition) is 3. The highest BCUT2D eigenvalue weighted by Gasteiger charge is 2.40. The number of nitrogens with zero attached hydrogens (tertiary/aromatic N) is 1. The van der Waals surface area contributed by atoms with Crippen LogP contribution in [0.25, 0.3) is 10.9 Å². The van der Waals surface area contributed by atoms with Gasteiger partial charge in [0, 0.05) is 12.6 Å². The van der Waals surface area contributed by atoms with E-state index in [0.29, 0.717) is 11.1 Å². The van der Waals surface area contributed by atoms with Crippen LogP contribution in [0.4, 0.5) is 4.39 Å². The first-order chi connectivity index (χ1) is 9.41. The third-order valence-corrected chi connectivity index (χ3v) is 3.62. The van der Waals surface area contributed by atoms with Gasteiger partial charge in [-0.3, -0.25) is 4.79 Å². The van der Waals surface area contributed by atoms with Crippen LogP contribution in [0.2, 0.25) is 0 Å². The molecule has 2 aromatic rings. The molecular weight excluding hydrogens is 265 g/mol. The predicted octanol–water partition coefficient (Wildman–Crippen LogP) is 2.00. The van der Waals surface area contributed by atoms with Crippen LogP contribution in [0, 0.1) is 6.92 Å². The van der Waals surface area contributed by atoms with Gasteiger partial charge in [-0.15, -0.1) is 0 Å². The van der Waals surface area contributed by atoms with Crippen LogP contribution >= 0.6 is 0 Å². The molecular formula is C14H12FNO4. The van der Waals surface area contributed by atoms with Crippen LogP contribution in [-0.2, 0) is 0 Å². The van der Waals surface area contributed by atoms with Crippen molar-refractivity contribution in [3.8, 4) is 5.75 Å². The molecule has 0 amide bonds. The highest BCUT2D eigenvalue weighted by molar-refractivity contribution is 5.95. The van der Waals surface area contributed by atoms with Gasteiger partial charge in [0.15, 0.2) is 0 Å². The zero-order valence-corrected chi connectivity index (χ0v) is 10.6. The fourth-order valence-corrected chi connectivity index (χ4v) is 2.49. The summed E-state index contributed by atoms with van der Waals surface area (Å²) in [5, 5.41) is 18.9. The number of benzene rings is 1. The molecule has 0 saturated heterocycles. The van der Waals surface area contributed by atoms with Crippen LogP contribution in [0.3, 0.4) is 0 Å². The molecule has 1 saturated carbocycles. The second-order valence-corrected chi connectivity index (χ2v) is 5.03. The van der Waals surface area contributed by atoms with Gasteiger partial charge in [-0.05, 0) is 18.6 Å². The van der Waals surface area contributed by atoms with Crippen molar-refractivity contribution in [3.05, 3.63) is 39.7 Å². The SMILES string of the molecule is Cc1ccc(O)c2c(=O)c(C(=O)O)cn([C@@H]3C[C@@H]3F)c12. The first-order valence-corrected chi connectivity index (χ1v) is 6.16. The van der Waals surface area contributed by atoms with E-state index in [0.717, 1.165) is 0 Å². The molecule has 1 heterocycles. The summed E-state index contributed by atoms with van der Waals surface area (Å²) in [6, 6.07) is 2.48. The lowest BCUT2D eigenvalue weighted by Gasteiger charge is -2.14. The Labute approximate surface area is 112 Å². The number of carbonyl (C=O) groups is 1. The number of phenols is 1. The Morgan fingerprint density at radius 1 is 1.45 bits per heavy atom. The van der Waals surface area contributed by atoms with Crippen molar-refractivity contribution in [2.24, 2.45) is 0 Å². The first-order valence-electron chi connectivity index (χ1n) is 6.16. The summed E-state index contributed by atoms with van der Waals surface area (Å²) < 4.78 is 14.8. The van der Waals surface area contributed by atoms with E-state index in [9.17, 15) is 19.1 Å². The molecule has 1 aromatic heterocycles. The van der Waals surface area contributed by atoms with Gasteiger partial charge in [-0.1, -0.05) is 6.07 Å². The fourth-order valence-electron chi connectivity index (χ4n) is 2.49. The molecule has 0 radical (unpaired) electrons. The minimum absolute atomic E-state index is 0.0657. The van der Waals surface area contributed by atoms with Crippen LogP contribution < -0.4 is 5.43 Å². The van der Waals surface area contributed by atoms with Crippen LogP contribution in [0.5, 0.6) is 5.75 Å². The monoisotopic (exact) mass is 277 g/mol. The average molecular weight is 277 g/mol. The zero-order valence-electron chi connectivity index (χ0n) is 10.6. The molecule has 20 heavy (non-hydrogen) atoms. The third-order valence-electron chi connectivity index (χ3n) is 3.62. The third kappa shape index (κ3) is 1.68. The van der Waals surface area contributed by atoms with Gasteiger partial charge >= 0.3 is 5.97 Å². The molecule has 3 rings (SSSR count). The summed E-state index contributed by atoms with van der Waals surface area (Å²) in [5.41, 5.74) is -0.130. The summed E-state index contributed by atoms with van der Waals surface area (Å²) in [6.45, 7) is 1.73. The quantitative estimate of drug-likeness (QED) is 0.879. The van der Waals surface area contributed by atoms with Gasteiger partial charge in [-0.25, -0.2) is 9.18 Å². The molecule has 0 spiro atoms. The number of pyridine rings is 1. The van der Waals surface area contributed by atoms with Crippen molar-refractivity contribution in [2.45, 2.75) is 25.6 Å². The second kappa shape index (κ2) is 4.06. The average Bonchev–Trinajstić information content (AvgIpc) is 3.10. The summed E-state index contributed by atoms with van der Waals surface area (Å²) in [6.07, 6.45) is 0.402. The van der Waals surface area contributed by atoms with E-state index in [-0.39, 0.29) is 17.6 Å². The topological polar surface area (TPSA) is 79.5 Å². The highest BCUT2D eigenvalue weighted by atomic mass is 19.1. The van der Waals surface area contributed by atoms with E-state index in [1.807, 2.05) is 0 Å². The number of aromatic hydroxyl groups is 1. The van der Waals surface area contributed by atoms with E-state index in [1.54, 1.807) is 13.0 Å². The molecule has 0 unspecified atom stereocenters. The number of aromatic nitrogens is 1. The zero-order chi connectivity index (χ0) is 14.6. The summed E-state index contributed by atoms with van der Waals surface area (Å²) in [5.74, 6) is -1.67. The first kappa shape index (κ1) is 12.7. The molecule has 0 aliphatic heterocycles. The van der Waals surface area contributed by atoms with Crippen molar-refractivity contribution in [1.29, 1.82) is 0 Å². The van der Waals surface area contributed by atoms with Crippen molar-refractivity contribution < 1.29 is 19.4 Å². The van der Waals surface area contributed by atoms with Crippen molar-refractivity contribution >= 4 is 16.9 Å². The predicted molar refractivity (Wildman–Crippen MR) is 70.1 cm³/mol. The molecule has 1 aliphatic carbocycles. The maximum Gasteiger partial charge on any atom is 0.341 e. The number of aromatic carboxylic acids is 1. The van der Waals surface area contributed by atoms with Crippen molar-refractivity contribution in [2.75, 3.05) is 0 Å². The summed E-state index contributed by atoms with van der Waals surface area (Å²) in [7, 11) is 0. The number of carboxylic acid groups (broad SMARTS) is 1. The molecule has 2 atom stereocenters. The van der Waals surface area contributed by atoms with Gasteiger partial charge in [0.1, 0.15) is 17.5 Å². The van der Waals surface area contributed by atoms with E-state index < -0.39 is 29.2 Å². The van der Waals surface area contributed by atoms with Gasteiger partial charge in [0.2, 0.25) is 5.43 Å². The Bertz CT molecular complexity index is 796. The van der Waals surface area contributed by atoms with E-state index >= 15 is 0 Å². The van der Waals surface area contributed by atoms with Crippen LogP contribution in [0.1, 0.15) is 28.4 Å². The second-order valence-electron chi connectivity index (χ2n) is 5.03. The number of rotatable bonds is 2. The van der Waals surface area contributed by atoms with E-state index in [1.165, 1.54) is 16.8 Å². The minimum Gasteiger partial charge on any atom is -0.507 e. The molecule has 0 bridgehead atoms. The largest absolute Gasteiger partial charge is 0.507 e. The molecule has 2 N–H and O–H groups in total. The number of halogens is 1. The molecule has 1 aromatic carbocycles. The maximum atomic E-state index is 13.3. The lowest BCUT2D eigenvalue weighted by molar-refractivity contribution is 0.0694. The fraction of sp³-hybridized carbons (Fsp3) is 0.286. The van der Waals surface area contributed by atoms with Crippen molar-refractivity contribution in [1.82, 2.24) is 4.57 Å². The number of aryl methyl sites for hydroxylation is 1. The number of carboxylic acids is 1. The lowest BCUT2D eigenvalue weighted by atomic mass is 10.1. The summed E-state index contributed by atoms with van der Waals surface area (Å²) >= 11 is 0. The Kier molecular flexibility index (Phi) is 2.57. The van der Waals surface area contributed by atoms with E-state index in [4.69, 9.17) is 5.11 Å². The number of hydrogen-bond donors (Lipinski definition) is 2. The molecule has 1 fully saturated rings. The maximum absolute atomic E-state index is 13.3. The highest BCUT2D eigenvalue weighted by Crippen LogP contribution is 2.41. The Morgan fingerprint density at radius 3 is 2.65 bits per heavy atom. The number of alkyl halides is 1. The lowest BCUT2D eigenvalue weighted by Crippen LogP contribution is -2.19. The molecule has 104 valence electrons. The molecule has 5 nitrogen and oxygen atoms in total. The normalized spacial score (nSPS) is 21.1. The van der Waals surface area contributed by atoms with Gasteiger partial charge in [0.25, 0.3) is 0 Å². The number of phenolic OH excluding ortho intramolecular Hbond substituents is 1. The Morgan fingerprint density at radius 2 is 2.10 bits per heavy atom. The minimum atomic E-state index is -1.39. The molecule has 6 heteroatoms. The van der Waals surface area contributed by atoms with E-state index in [2.05, 4.69) is 0 Å². The standard InChI is InChI=1S/C14H12FNO4/c1-6-2-3-10(17)11-12(6)16(9-4-8(9)15)5-7(13(11)18)14(19)20/h2-3,5,8-9,17H,4H2,1H3,(H,19,20)/t8-,9+/m0/s1. The van der Waals surface area contributed by atoms with Gasteiger partial charge < -0.3 is 14.8 Å². The Hall–Kier alpha value is -2.37. The Balaban J connectivity index is 2.48. The van der Waals surface area contributed by atoms with Crippen molar-refractivity contribution in [3.63, 3.8) is 0 Å². The van der Waals surface area contributed by atoms with Gasteiger partial charge in [0.05, 0.1) is 16.9 Å². The molecule has 1 aliphatic rings. The van der Waals surface area contributed by atoms with Gasteiger partial charge in [-0.2, -0.15) is 0 Å².